The second kappa shape index (κ2) is 6.92. The van der Waals surface area contributed by atoms with Crippen LogP contribution in [0.3, 0.4) is 0 Å². The minimum Gasteiger partial charge on any atom is -0.377 e. The van der Waals surface area contributed by atoms with Gasteiger partial charge in [0.05, 0.1) is 19.3 Å². The molecule has 1 spiro atoms. The summed E-state index contributed by atoms with van der Waals surface area (Å²) in [5.41, 5.74) is 6.41. The molecule has 5 heteroatoms. The van der Waals surface area contributed by atoms with Crippen LogP contribution >= 0.6 is 0 Å². The molecule has 2 heterocycles. The molecule has 3 atom stereocenters. The topological polar surface area (TPSA) is 57.0 Å². The molecule has 3 fully saturated rings. The third-order valence-electron chi connectivity index (χ3n) is 5.12. The minimum absolute atomic E-state index is 0.230. The fourth-order valence-corrected chi connectivity index (χ4v) is 4.00. The van der Waals surface area contributed by atoms with Crippen molar-refractivity contribution < 1.29 is 14.2 Å². The lowest BCUT2D eigenvalue weighted by Gasteiger charge is -2.47. The van der Waals surface area contributed by atoms with Gasteiger partial charge in [-0.15, -0.1) is 0 Å². The largest absolute Gasteiger partial charge is 0.377 e. The van der Waals surface area contributed by atoms with Crippen molar-refractivity contribution in [2.24, 2.45) is 5.73 Å². The molecule has 0 aromatic rings. The summed E-state index contributed by atoms with van der Waals surface area (Å²) in [6.07, 6.45) is 6.67. The van der Waals surface area contributed by atoms with Gasteiger partial charge in [0.2, 0.25) is 0 Å². The van der Waals surface area contributed by atoms with Crippen LogP contribution in [0.15, 0.2) is 0 Å². The Morgan fingerprint density at radius 2 is 2.10 bits per heavy atom. The number of likely N-dealkylation sites (tertiary alicyclic amines) is 1. The first kappa shape index (κ1) is 15.7. The second-order valence-electron chi connectivity index (χ2n) is 6.71. The Labute approximate surface area is 128 Å². The molecule has 2 aliphatic heterocycles. The normalized spacial score (nSPS) is 37.1. The minimum atomic E-state index is -0.349. The van der Waals surface area contributed by atoms with Crippen molar-refractivity contribution in [2.45, 2.75) is 69.4 Å². The van der Waals surface area contributed by atoms with Crippen LogP contribution in [0.1, 0.15) is 45.4 Å². The summed E-state index contributed by atoms with van der Waals surface area (Å²) in [4.78, 5) is 2.53. The van der Waals surface area contributed by atoms with Gasteiger partial charge < -0.3 is 19.9 Å². The zero-order valence-electron chi connectivity index (χ0n) is 13.3. The number of hydrogen-bond acceptors (Lipinski definition) is 5. The maximum Gasteiger partial charge on any atom is 0.170 e. The van der Waals surface area contributed by atoms with E-state index in [1.807, 2.05) is 0 Å². The lowest BCUT2D eigenvalue weighted by atomic mass is 9.84. The van der Waals surface area contributed by atoms with E-state index in [0.29, 0.717) is 12.1 Å². The van der Waals surface area contributed by atoms with Crippen molar-refractivity contribution in [1.82, 2.24) is 4.90 Å². The molecule has 21 heavy (non-hydrogen) atoms. The molecule has 3 unspecified atom stereocenters. The predicted octanol–water partition coefficient (Wildman–Crippen LogP) is 1.50. The maximum absolute atomic E-state index is 6.41. The first-order chi connectivity index (χ1) is 10.2. The van der Waals surface area contributed by atoms with Gasteiger partial charge in [-0.25, -0.2) is 0 Å². The third-order valence-corrected chi connectivity index (χ3v) is 5.12. The molecule has 2 saturated heterocycles. The van der Waals surface area contributed by atoms with Crippen LogP contribution in [-0.4, -0.2) is 61.8 Å². The zero-order valence-corrected chi connectivity index (χ0v) is 13.3. The van der Waals surface area contributed by atoms with Crippen LogP contribution in [0.4, 0.5) is 0 Å². The third kappa shape index (κ3) is 3.59. The van der Waals surface area contributed by atoms with Crippen molar-refractivity contribution in [3.05, 3.63) is 0 Å². The Morgan fingerprint density at radius 1 is 1.29 bits per heavy atom. The molecule has 0 aromatic heterocycles. The van der Waals surface area contributed by atoms with E-state index in [1.54, 1.807) is 0 Å². The number of ether oxygens (including phenoxy) is 3. The highest BCUT2D eigenvalue weighted by atomic mass is 16.7. The van der Waals surface area contributed by atoms with Crippen molar-refractivity contribution in [2.75, 3.05) is 32.9 Å². The number of rotatable bonds is 4. The smallest absolute Gasteiger partial charge is 0.170 e. The molecule has 1 saturated carbocycles. The van der Waals surface area contributed by atoms with Crippen LogP contribution in [-0.2, 0) is 14.2 Å². The van der Waals surface area contributed by atoms with Gasteiger partial charge in [0.25, 0.3) is 0 Å². The van der Waals surface area contributed by atoms with E-state index in [2.05, 4.69) is 11.8 Å². The molecular weight excluding hydrogens is 268 g/mol. The van der Waals surface area contributed by atoms with Gasteiger partial charge in [0.15, 0.2) is 5.79 Å². The van der Waals surface area contributed by atoms with Gasteiger partial charge in [0, 0.05) is 38.1 Å². The average Bonchev–Trinajstić information content (AvgIpc) is 2.96. The fourth-order valence-electron chi connectivity index (χ4n) is 4.00. The molecule has 3 rings (SSSR count). The summed E-state index contributed by atoms with van der Waals surface area (Å²) in [5, 5.41) is 0. The van der Waals surface area contributed by atoms with Crippen molar-refractivity contribution in [3.8, 4) is 0 Å². The molecule has 0 aromatic carbocycles. The van der Waals surface area contributed by atoms with Gasteiger partial charge in [0.1, 0.15) is 0 Å². The van der Waals surface area contributed by atoms with Crippen LogP contribution in [0.5, 0.6) is 0 Å². The van der Waals surface area contributed by atoms with Gasteiger partial charge in [-0.1, -0.05) is 6.92 Å². The molecule has 0 amide bonds. The zero-order chi connectivity index (χ0) is 14.7. The molecule has 5 nitrogen and oxygen atoms in total. The molecule has 1 aliphatic carbocycles. The van der Waals surface area contributed by atoms with E-state index in [-0.39, 0.29) is 11.8 Å². The highest BCUT2D eigenvalue weighted by Crippen LogP contribution is 2.38. The van der Waals surface area contributed by atoms with Gasteiger partial charge >= 0.3 is 0 Å². The van der Waals surface area contributed by atoms with Crippen LogP contribution in [0.25, 0.3) is 0 Å². The molecule has 2 N–H and O–H groups in total. The summed E-state index contributed by atoms with van der Waals surface area (Å²) < 4.78 is 17.8. The highest BCUT2D eigenvalue weighted by Gasteiger charge is 2.46. The summed E-state index contributed by atoms with van der Waals surface area (Å²) in [6, 6.07) is 0.596. The monoisotopic (exact) mass is 298 g/mol. The van der Waals surface area contributed by atoms with E-state index in [1.165, 1.54) is 12.8 Å². The van der Waals surface area contributed by atoms with E-state index in [4.69, 9.17) is 19.9 Å². The van der Waals surface area contributed by atoms with Gasteiger partial charge in [-0.3, -0.25) is 4.90 Å². The van der Waals surface area contributed by atoms with E-state index < -0.39 is 0 Å². The summed E-state index contributed by atoms with van der Waals surface area (Å²) in [5.74, 6) is -0.349. The highest BCUT2D eigenvalue weighted by molar-refractivity contribution is 4.96. The lowest BCUT2D eigenvalue weighted by Crippen LogP contribution is -2.59. The predicted molar refractivity (Wildman–Crippen MR) is 81.1 cm³/mol. The second-order valence-corrected chi connectivity index (χ2v) is 6.71. The number of piperidine rings is 1. The van der Waals surface area contributed by atoms with Crippen LogP contribution in [0, 0.1) is 0 Å². The van der Waals surface area contributed by atoms with Gasteiger partial charge in [-0.2, -0.15) is 0 Å². The molecular formula is C16H30N2O3. The maximum atomic E-state index is 6.41. The quantitative estimate of drug-likeness (QED) is 0.852. The lowest BCUT2D eigenvalue weighted by molar-refractivity contribution is -0.194. The Hall–Kier alpha value is -0.200. The van der Waals surface area contributed by atoms with Crippen LogP contribution in [0.2, 0.25) is 0 Å². The first-order valence-corrected chi connectivity index (χ1v) is 8.61. The Bertz CT molecular complexity index is 333. The Morgan fingerprint density at radius 3 is 2.86 bits per heavy atom. The van der Waals surface area contributed by atoms with E-state index >= 15 is 0 Å². The standard InChI is InChI=1S/C16H30N2O3/c1-2-8-19-13-4-3-7-18(12-13)15-11-16(6-5-14(15)17)20-9-10-21-16/h13-15H,2-12,17H2,1H3. The fraction of sp³-hybridized carbons (Fsp3) is 1.00. The molecule has 0 bridgehead atoms. The van der Waals surface area contributed by atoms with Crippen molar-refractivity contribution in [1.29, 1.82) is 0 Å². The molecule has 3 aliphatic rings. The number of nitrogens with two attached hydrogens (primary N) is 1. The van der Waals surface area contributed by atoms with E-state index in [9.17, 15) is 0 Å². The van der Waals surface area contributed by atoms with Gasteiger partial charge in [-0.05, 0) is 32.2 Å². The molecule has 0 radical (unpaired) electrons. The van der Waals surface area contributed by atoms with Crippen molar-refractivity contribution >= 4 is 0 Å². The van der Waals surface area contributed by atoms with E-state index in [0.717, 1.165) is 58.6 Å². The SMILES string of the molecule is CCCOC1CCCN(C2CC3(CCC2N)OCCO3)C1. The summed E-state index contributed by atoms with van der Waals surface area (Å²) >= 11 is 0. The summed E-state index contributed by atoms with van der Waals surface area (Å²) in [7, 11) is 0. The van der Waals surface area contributed by atoms with Crippen LogP contribution < -0.4 is 5.73 Å². The summed E-state index contributed by atoms with van der Waals surface area (Å²) in [6.45, 7) is 6.62. The number of hydrogen-bond donors (Lipinski definition) is 1. The van der Waals surface area contributed by atoms with Crippen molar-refractivity contribution in [3.63, 3.8) is 0 Å². The number of nitrogens with zero attached hydrogens (tertiary/aromatic N) is 1. The Kier molecular flexibility index (Phi) is 5.17. The first-order valence-electron chi connectivity index (χ1n) is 8.61. The average molecular weight is 298 g/mol. The molecule has 122 valence electrons. The Balaban J connectivity index is 1.60.